The molecule has 4 nitrogen and oxygen atoms in total. The van der Waals surface area contributed by atoms with Gasteiger partial charge in [-0.3, -0.25) is 4.79 Å². The van der Waals surface area contributed by atoms with Gasteiger partial charge >= 0.3 is 0 Å². The molecule has 0 saturated carbocycles. The van der Waals surface area contributed by atoms with Gasteiger partial charge in [-0.25, -0.2) is 8.42 Å². The molecule has 6 heteroatoms. The lowest BCUT2D eigenvalue weighted by molar-refractivity contribution is 0.112. The number of carbonyl (C=O) groups excluding carboxylic acids is 1. The molecular formula is C9H9ClO4S. The zero-order valence-corrected chi connectivity index (χ0v) is 9.72. The number of hydrogen-bond donors (Lipinski definition) is 0. The minimum Gasteiger partial charge on any atom is -0.495 e. The second-order valence-electron chi connectivity index (χ2n) is 2.92. The Hall–Kier alpha value is -1.07. The molecule has 0 aromatic heterocycles. The second-order valence-corrected chi connectivity index (χ2v) is 5.45. The van der Waals surface area contributed by atoms with Crippen LogP contribution < -0.4 is 4.74 Å². The normalized spacial score (nSPS) is 11.1. The van der Waals surface area contributed by atoms with Gasteiger partial charge in [0.05, 0.1) is 7.11 Å². The number of aldehydes is 1. The summed E-state index contributed by atoms with van der Waals surface area (Å²) in [6.45, 7) is 1.68. The van der Waals surface area contributed by atoms with Crippen molar-refractivity contribution in [1.82, 2.24) is 0 Å². The molecule has 0 heterocycles. The Balaban J connectivity index is 3.56. The Morgan fingerprint density at radius 2 is 2.00 bits per heavy atom. The van der Waals surface area contributed by atoms with E-state index in [1.807, 2.05) is 0 Å². The van der Waals surface area contributed by atoms with Gasteiger partial charge in [-0.1, -0.05) is 0 Å². The molecule has 82 valence electrons. The van der Waals surface area contributed by atoms with Gasteiger partial charge < -0.3 is 4.74 Å². The minimum absolute atomic E-state index is 0.133. The molecule has 0 aliphatic carbocycles. The zero-order valence-electron chi connectivity index (χ0n) is 8.15. The highest BCUT2D eigenvalue weighted by molar-refractivity contribution is 8.13. The molecule has 0 N–H and O–H groups in total. The monoisotopic (exact) mass is 248 g/mol. The number of hydrogen-bond acceptors (Lipinski definition) is 4. The fraction of sp³-hybridized carbons (Fsp3) is 0.222. The molecule has 0 saturated heterocycles. The van der Waals surface area contributed by atoms with E-state index in [9.17, 15) is 13.2 Å². The van der Waals surface area contributed by atoms with Gasteiger partial charge in [0, 0.05) is 16.2 Å². The van der Waals surface area contributed by atoms with E-state index in [4.69, 9.17) is 15.4 Å². The first-order valence-corrected chi connectivity index (χ1v) is 6.29. The lowest BCUT2D eigenvalue weighted by Crippen LogP contribution is -1.99. The summed E-state index contributed by atoms with van der Waals surface area (Å²) in [6, 6.07) is 2.66. The van der Waals surface area contributed by atoms with Gasteiger partial charge in [-0.15, -0.1) is 0 Å². The molecule has 0 aliphatic heterocycles. The Labute approximate surface area is 92.2 Å². The summed E-state index contributed by atoms with van der Waals surface area (Å²) in [4.78, 5) is 10.4. The van der Waals surface area contributed by atoms with Gasteiger partial charge in [0.2, 0.25) is 0 Å². The number of carbonyl (C=O) groups is 1. The van der Waals surface area contributed by atoms with E-state index in [2.05, 4.69) is 0 Å². The maximum absolute atomic E-state index is 11.2. The summed E-state index contributed by atoms with van der Waals surface area (Å²) in [5, 5.41) is 0. The van der Waals surface area contributed by atoms with Gasteiger partial charge in [-0.2, -0.15) is 0 Å². The highest BCUT2D eigenvalue weighted by Crippen LogP contribution is 2.29. The van der Waals surface area contributed by atoms with Gasteiger partial charge in [0.25, 0.3) is 9.05 Å². The molecule has 0 radical (unpaired) electrons. The third kappa shape index (κ3) is 2.49. The molecule has 0 spiro atoms. The maximum Gasteiger partial charge on any atom is 0.265 e. The second kappa shape index (κ2) is 4.20. The predicted molar refractivity (Wildman–Crippen MR) is 56.2 cm³/mol. The van der Waals surface area contributed by atoms with Crippen LogP contribution in [0.1, 0.15) is 15.9 Å². The summed E-state index contributed by atoms with van der Waals surface area (Å²) in [5.74, 6) is 0.133. The fourth-order valence-electron chi connectivity index (χ4n) is 1.15. The van der Waals surface area contributed by atoms with E-state index in [0.717, 1.165) is 0 Å². The van der Waals surface area contributed by atoms with E-state index in [0.29, 0.717) is 11.8 Å². The van der Waals surface area contributed by atoms with E-state index in [1.54, 1.807) is 6.92 Å². The molecule has 1 aromatic carbocycles. The van der Waals surface area contributed by atoms with Crippen LogP contribution in [-0.2, 0) is 9.05 Å². The molecule has 0 aliphatic rings. The van der Waals surface area contributed by atoms with Gasteiger partial charge in [-0.05, 0) is 24.6 Å². The standard InChI is InChI=1S/C9H9ClO4S/c1-6-3-8(14-2)9(15(10,12)13)4-7(6)5-11/h3-5H,1-2H3. The van der Waals surface area contributed by atoms with Crippen LogP contribution in [0, 0.1) is 6.92 Å². The maximum atomic E-state index is 11.2. The molecule has 1 rings (SSSR count). The Morgan fingerprint density at radius 1 is 1.40 bits per heavy atom. The van der Waals surface area contributed by atoms with E-state index < -0.39 is 9.05 Å². The van der Waals surface area contributed by atoms with Crippen LogP contribution in [0.3, 0.4) is 0 Å². The topological polar surface area (TPSA) is 60.4 Å². The largest absolute Gasteiger partial charge is 0.495 e. The average molecular weight is 249 g/mol. The summed E-state index contributed by atoms with van der Waals surface area (Å²) in [7, 11) is 2.63. The number of aryl methyl sites for hydroxylation is 1. The average Bonchev–Trinajstić information content (AvgIpc) is 2.15. The van der Waals surface area contributed by atoms with Crippen LogP contribution in [0.25, 0.3) is 0 Å². The molecule has 0 bridgehead atoms. The zero-order chi connectivity index (χ0) is 11.6. The van der Waals surface area contributed by atoms with Crippen LogP contribution in [0.2, 0.25) is 0 Å². The van der Waals surface area contributed by atoms with Gasteiger partial charge in [0.15, 0.2) is 0 Å². The third-order valence-electron chi connectivity index (χ3n) is 1.94. The van der Waals surface area contributed by atoms with Crippen molar-refractivity contribution < 1.29 is 17.9 Å². The number of halogens is 1. The molecular weight excluding hydrogens is 240 g/mol. The van der Waals surface area contributed by atoms with E-state index in [-0.39, 0.29) is 16.2 Å². The molecule has 0 amide bonds. The van der Waals surface area contributed by atoms with Crippen LogP contribution in [0.5, 0.6) is 5.75 Å². The summed E-state index contributed by atoms with van der Waals surface area (Å²) < 4.78 is 27.2. The summed E-state index contributed by atoms with van der Waals surface area (Å²) in [5.41, 5.74) is 0.904. The molecule has 15 heavy (non-hydrogen) atoms. The lowest BCUT2D eigenvalue weighted by atomic mass is 10.1. The Morgan fingerprint density at radius 3 is 2.40 bits per heavy atom. The minimum atomic E-state index is -3.91. The van der Waals surface area contributed by atoms with Crippen molar-refractivity contribution in [3.8, 4) is 5.75 Å². The first-order valence-electron chi connectivity index (χ1n) is 3.98. The van der Waals surface area contributed by atoms with Crippen molar-refractivity contribution in [1.29, 1.82) is 0 Å². The molecule has 0 atom stereocenters. The van der Waals surface area contributed by atoms with Crippen LogP contribution >= 0.6 is 10.7 Å². The predicted octanol–water partition coefficient (Wildman–Crippen LogP) is 1.74. The fourth-order valence-corrected chi connectivity index (χ4v) is 2.17. The molecule has 0 fully saturated rings. The van der Waals surface area contributed by atoms with Crippen LogP contribution in [0.15, 0.2) is 17.0 Å². The Bertz CT molecular complexity index is 493. The highest BCUT2D eigenvalue weighted by Gasteiger charge is 2.18. The number of benzene rings is 1. The quantitative estimate of drug-likeness (QED) is 0.604. The first kappa shape index (κ1) is 12.0. The van der Waals surface area contributed by atoms with Gasteiger partial charge in [0.1, 0.15) is 16.9 Å². The van der Waals surface area contributed by atoms with Crippen molar-refractivity contribution in [3.63, 3.8) is 0 Å². The molecule has 1 aromatic rings. The SMILES string of the molecule is COc1cc(C)c(C=O)cc1S(=O)(=O)Cl. The Kier molecular flexibility index (Phi) is 3.36. The van der Waals surface area contributed by atoms with E-state index >= 15 is 0 Å². The summed E-state index contributed by atoms with van der Waals surface area (Å²) in [6.07, 6.45) is 0.570. The number of methoxy groups -OCH3 is 1. The molecule has 0 unspecified atom stereocenters. The highest BCUT2D eigenvalue weighted by atomic mass is 35.7. The van der Waals surface area contributed by atoms with Crippen LogP contribution in [0.4, 0.5) is 0 Å². The van der Waals surface area contributed by atoms with Crippen molar-refractivity contribution in [3.05, 3.63) is 23.3 Å². The first-order chi connectivity index (χ1) is 6.90. The lowest BCUT2D eigenvalue weighted by Gasteiger charge is -2.08. The van der Waals surface area contributed by atoms with Crippen molar-refractivity contribution >= 4 is 26.0 Å². The van der Waals surface area contributed by atoms with E-state index in [1.165, 1.54) is 19.2 Å². The van der Waals surface area contributed by atoms with Crippen molar-refractivity contribution in [2.75, 3.05) is 7.11 Å². The van der Waals surface area contributed by atoms with Crippen molar-refractivity contribution in [2.24, 2.45) is 0 Å². The summed E-state index contributed by atoms with van der Waals surface area (Å²) >= 11 is 0. The van der Waals surface area contributed by atoms with Crippen LogP contribution in [-0.4, -0.2) is 21.8 Å². The number of ether oxygens (including phenoxy) is 1. The smallest absolute Gasteiger partial charge is 0.265 e. The number of rotatable bonds is 3. The van der Waals surface area contributed by atoms with Crippen molar-refractivity contribution in [2.45, 2.75) is 11.8 Å². The third-order valence-corrected chi connectivity index (χ3v) is 3.29.